The first kappa shape index (κ1) is 28.4. The van der Waals surface area contributed by atoms with Crippen molar-refractivity contribution in [3.8, 4) is 0 Å². The molecule has 1 radical (unpaired) electrons. The second-order valence-corrected chi connectivity index (χ2v) is 9.02. The molecule has 0 saturated heterocycles. The van der Waals surface area contributed by atoms with Gasteiger partial charge in [0.15, 0.2) is 11.6 Å². The van der Waals surface area contributed by atoms with Crippen LogP contribution in [0.2, 0.25) is 0 Å². The van der Waals surface area contributed by atoms with Gasteiger partial charge in [-0.1, -0.05) is 102 Å². The largest absolute Gasteiger partial charge is 0.507 e. The van der Waals surface area contributed by atoms with Crippen molar-refractivity contribution in [2.24, 2.45) is 10.8 Å². The Labute approximate surface area is 196 Å². The number of hydrogen-bond acceptors (Lipinski definition) is 4. The standard InChI is InChI=1S/2C13H16O2.Cu/c2*1-13(2,3)12(15)9-11(14)10-7-5-4-6-8-10;/h2*4-9,14H,1-3H3;/b2*11-9-;. The Kier molecular flexibility index (Phi) is 11.2. The van der Waals surface area contributed by atoms with Gasteiger partial charge in [-0.2, -0.15) is 0 Å². The van der Waals surface area contributed by atoms with Gasteiger partial charge in [-0.15, -0.1) is 0 Å². The molecule has 0 fully saturated rings. The minimum Gasteiger partial charge on any atom is -0.507 e. The molecule has 2 aromatic carbocycles. The molecule has 0 bridgehead atoms. The molecular formula is C26H32CuO4. The summed E-state index contributed by atoms with van der Waals surface area (Å²) in [6.45, 7) is 10.9. The van der Waals surface area contributed by atoms with Crippen molar-refractivity contribution in [1.29, 1.82) is 0 Å². The van der Waals surface area contributed by atoms with Crippen LogP contribution in [0.1, 0.15) is 52.7 Å². The average Bonchev–Trinajstić information content (AvgIpc) is 2.68. The third-order valence-corrected chi connectivity index (χ3v) is 4.15. The zero-order valence-corrected chi connectivity index (χ0v) is 19.9. The van der Waals surface area contributed by atoms with Gasteiger partial charge >= 0.3 is 0 Å². The van der Waals surface area contributed by atoms with E-state index in [2.05, 4.69) is 0 Å². The fourth-order valence-corrected chi connectivity index (χ4v) is 2.07. The molecule has 0 spiro atoms. The first-order valence-corrected chi connectivity index (χ1v) is 9.83. The van der Waals surface area contributed by atoms with Gasteiger partial charge in [0.1, 0.15) is 11.5 Å². The number of hydrogen-bond donors (Lipinski definition) is 2. The molecule has 2 rings (SSSR count). The number of carbonyl (C=O) groups excluding carboxylic acids is 2. The second kappa shape index (κ2) is 12.3. The maximum absolute atomic E-state index is 11.6. The Morgan fingerprint density at radius 1 is 0.613 bits per heavy atom. The molecule has 5 heteroatoms. The SMILES string of the molecule is CC(C)(C)C(=O)/C=C(\O)c1ccccc1.CC(C)(C)C(=O)/C=C(\O)c1ccccc1.[Cu]. The van der Waals surface area contributed by atoms with Crippen LogP contribution in [0.25, 0.3) is 11.5 Å². The molecule has 0 aliphatic heterocycles. The molecule has 0 aliphatic carbocycles. The van der Waals surface area contributed by atoms with Crippen LogP contribution in [0.4, 0.5) is 0 Å². The Morgan fingerprint density at radius 3 is 1.10 bits per heavy atom. The smallest absolute Gasteiger partial charge is 0.164 e. The van der Waals surface area contributed by atoms with Crippen molar-refractivity contribution < 1.29 is 36.9 Å². The van der Waals surface area contributed by atoms with Crippen molar-refractivity contribution in [2.75, 3.05) is 0 Å². The maximum atomic E-state index is 11.6. The first-order valence-electron chi connectivity index (χ1n) is 9.83. The monoisotopic (exact) mass is 471 g/mol. The van der Waals surface area contributed by atoms with E-state index < -0.39 is 10.8 Å². The molecule has 171 valence electrons. The summed E-state index contributed by atoms with van der Waals surface area (Å²) in [7, 11) is 0. The van der Waals surface area contributed by atoms with E-state index in [9.17, 15) is 19.8 Å². The van der Waals surface area contributed by atoms with E-state index in [0.717, 1.165) is 0 Å². The summed E-state index contributed by atoms with van der Waals surface area (Å²) < 4.78 is 0. The van der Waals surface area contributed by atoms with Crippen molar-refractivity contribution >= 4 is 23.1 Å². The summed E-state index contributed by atoms with van der Waals surface area (Å²) >= 11 is 0. The van der Waals surface area contributed by atoms with Crippen LogP contribution in [0.3, 0.4) is 0 Å². The Morgan fingerprint density at radius 2 is 0.871 bits per heavy atom. The third kappa shape index (κ3) is 10.3. The number of aliphatic hydroxyl groups is 2. The van der Waals surface area contributed by atoms with Crippen LogP contribution in [0, 0.1) is 10.8 Å². The molecule has 0 unspecified atom stereocenters. The molecule has 0 amide bonds. The van der Waals surface area contributed by atoms with E-state index in [1.807, 2.05) is 77.9 Å². The summed E-state index contributed by atoms with van der Waals surface area (Å²) in [5.74, 6) is -0.112. The molecule has 31 heavy (non-hydrogen) atoms. The normalized spacial score (nSPS) is 12.2. The molecule has 0 heterocycles. The number of aliphatic hydroxyl groups excluding tert-OH is 2. The van der Waals surface area contributed by atoms with Crippen LogP contribution in [-0.2, 0) is 26.7 Å². The number of rotatable bonds is 4. The number of carbonyl (C=O) groups is 2. The van der Waals surface area contributed by atoms with E-state index >= 15 is 0 Å². The quantitative estimate of drug-likeness (QED) is 0.307. The number of benzene rings is 2. The summed E-state index contributed by atoms with van der Waals surface area (Å²) in [6, 6.07) is 18.1. The molecule has 0 atom stereocenters. The van der Waals surface area contributed by atoms with Crippen molar-refractivity contribution in [3.63, 3.8) is 0 Å². The van der Waals surface area contributed by atoms with Crippen LogP contribution < -0.4 is 0 Å². The molecule has 2 aromatic rings. The Bertz CT molecular complexity index is 822. The number of ketones is 2. The molecule has 0 saturated carbocycles. The van der Waals surface area contributed by atoms with Gasteiger partial charge in [0.05, 0.1) is 0 Å². The summed E-state index contributed by atoms with van der Waals surface area (Å²) in [5, 5.41) is 19.4. The van der Waals surface area contributed by atoms with Crippen LogP contribution in [-0.4, -0.2) is 21.8 Å². The van der Waals surface area contributed by atoms with E-state index in [4.69, 9.17) is 0 Å². The minimum atomic E-state index is -0.456. The van der Waals surface area contributed by atoms with Crippen LogP contribution in [0.15, 0.2) is 72.8 Å². The minimum absolute atomic E-state index is 0. The second-order valence-electron chi connectivity index (χ2n) is 9.02. The zero-order chi connectivity index (χ0) is 22.9. The van der Waals surface area contributed by atoms with Crippen molar-refractivity contribution in [2.45, 2.75) is 41.5 Å². The molecule has 0 aliphatic rings. The van der Waals surface area contributed by atoms with Crippen molar-refractivity contribution in [3.05, 3.63) is 83.9 Å². The van der Waals surface area contributed by atoms with Crippen LogP contribution >= 0.6 is 0 Å². The Hall–Kier alpha value is -2.62. The predicted molar refractivity (Wildman–Crippen MR) is 123 cm³/mol. The van der Waals surface area contributed by atoms with Crippen molar-refractivity contribution in [1.82, 2.24) is 0 Å². The zero-order valence-electron chi connectivity index (χ0n) is 18.9. The van der Waals surface area contributed by atoms with Gasteiger partial charge in [-0.3, -0.25) is 9.59 Å². The van der Waals surface area contributed by atoms with Gasteiger partial charge in [0.2, 0.25) is 0 Å². The summed E-state index contributed by atoms with van der Waals surface area (Å²) in [4.78, 5) is 23.2. The summed E-state index contributed by atoms with van der Waals surface area (Å²) in [5.41, 5.74) is 0.413. The van der Waals surface area contributed by atoms with Gasteiger partial charge < -0.3 is 10.2 Å². The number of allylic oxidation sites excluding steroid dienone is 2. The molecule has 4 nitrogen and oxygen atoms in total. The third-order valence-electron chi connectivity index (χ3n) is 4.15. The maximum Gasteiger partial charge on any atom is 0.164 e. The topological polar surface area (TPSA) is 74.6 Å². The van der Waals surface area contributed by atoms with Gasteiger partial charge in [-0.05, 0) is 0 Å². The fourth-order valence-electron chi connectivity index (χ4n) is 2.07. The molecular weight excluding hydrogens is 440 g/mol. The van der Waals surface area contributed by atoms with Gasteiger partial charge in [-0.25, -0.2) is 0 Å². The average molecular weight is 472 g/mol. The Balaban J connectivity index is 0.000000562. The van der Waals surface area contributed by atoms with E-state index in [-0.39, 0.29) is 40.2 Å². The molecule has 2 N–H and O–H groups in total. The predicted octanol–water partition coefficient (Wildman–Crippen LogP) is 6.40. The van der Waals surface area contributed by atoms with Crippen LogP contribution in [0.5, 0.6) is 0 Å². The van der Waals surface area contributed by atoms with Gasteiger partial charge in [0.25, 0.3) is 0 Å². The summed E-state index contributed by atoms with van der Waals surface area (Å²) in [6.07, 6.45) is 2.57. The fraction of sp³-hybridized carbons (Fsp3) is 0.308. The van der Waals surface area contributed by atoms with E-state index in [1.54, 1.807) is 24.3 Å². The van der Waals surface area contributed by atoms with Gasteiger partial charge in [0, 0.05) is 51.2 Å². The first-order chi connectivity index (χ1) is 13.8. The van der Waals surface area contributed by atoms with E-state index in [1.165, 1.54) is 12.2 Å². The molecule has 0 aromatic heterocycles. The van der Waals surface area contributed by atoms with E-state index in [0.29, 0.717) is 11.1 Å².